The molecule has 0 fully saturated rings. The summed E-state index contributed by atoms with van der Waals surface area (Å²) in [6.07, 6.45) is 1.76. The third-order valence-electron chi connectivity index (χ3n) is 3.83. The van der Waals surface area contributed by atoms with Crippen LogP contribution in [-0.4, -0.2) is 29.1 Å². The molecule has 0 radical (unpaired) electrons. The smallest absolute Gasteiger partial charge is 0.261 e. The van der Waals surface area contributed by atoms with Crippen LogP contribution in [0.3, 0.4) is 0 Å². The first-order valence-corrected chi connectivity index (χ1v) is 9.00. The summed E-state index contributed by atoms with van der Waals surface area (Å²) in [7, 11) is 0.279. The van der Waals surface area contributed by atoms with Gasteiger partial charge in [-0.3, -0.25) is 4.72 Å². The number of hydrogen-bond donors (Lipinski definition) is 1. The lowest BCUT2D eigenvalue weighted by molar-refractivity contribution is 0.288. The van der Waals surface area contributed by atoms with Crippen molar-refractivity contribution in [1.29, 1.82) is 0 Å². The van der Waals surface area contributed by atoms with Crippen LogP contribution in [0.15, 0.2) is 47.4 Å². The fraction of sp³-hybridized carbons (Fsp3) is 0.294. The Labute approximate surface area is 136 Å². The Bertz CT molecular complexity index is 799. The van der Waals surface area contributed by atoms with Crippen LogP contribution in [0.5, 0.6) is 5.75 Å². The highest BCUT2D eigenvalue weighted by molar-refractivity contribution is 7.92. The van der Waals surface area contributed by atoms with Gasteiger partial charge in [-0.15, -0.1) is 0 Å². The van der Waals surface area contributed by atoms with Crippen LogP contribution in [0.2, 0.25) is 0 Å². The maximum Gasteiger partial charge on any atom is 0.261 e. The molecule has 2 aromatic rings. The Morgan fingerprint density at radius 2 is 1.83 bits per heavy atom. The molecule has 0 aliphatic carbocycles. The van der Waals surface area contributed by atoms with E-state index in [1.807, 2.05) is 31.1 Å². The Morgan fingerprint density at radius 3 is 2.52 bits per heavy atom. The van der Waals surface area contributed by atoms with E-state index in [9.17, 15) is 8.42 Å². The van der Waals surface area contributed by atoms with Gasteiger partial charge in [-0.1, -0.05) is 0 Å². The van der Waals surface area contributed by atoms with E-state index in [1.165, 1.54) is 0 Å². The second-order valence-corrected chi connectivity index (χ2v) is 7.45. The topological polar surface area (TPSA) is 58.6 Å². The fourth-order valence-corrected chi connectivity index (χ4v) is 3.65. The Morgan fingerprint density at radius 1 is 1.09 bits per heavy atom. The van der Waals surface area contributed by atoms with E-state index in [0.29, 0.717) is 12.3 Å². The first kappa shape index (κ1) is 15.7. The summed E-state index contributed by atoms with van der Waals surface area (Å²) < 4.78 is 33.2. The van der Waals surface area contributed by atoms with Crippen molar-refractivity contribution in [1.82, 2.24) is 0 Å². The molecule has 0 saturated carbocycles. The van der Waals surface area contributed by atoms with E-state index >= 15 is 0 Å². The monoisotopic (exact) mass is 332 g/mol. The van der Waals surface area contributed by atoms with Gasteiger partial charge in [0.25, 0.3) is 10.0 Å². The van der Waals surface area contributed by atoms with Crippen LogP contribution in [0.25, 0.3) is 0 Å². The summed E-state index contributed by atoms with van der Waals surface area (Å²) in [5.41, 5.74) is 2.51. The Hall–Kier alpha value is -2.21. The van der Waals surface area contributed by atoms with Crippen molar-refractivity contribution in [3.05, 3.63) is 48.0 Å². The van der Waals surface area contributed by atoms with Crippen LogP contribution in [0.1, 0.15) is 12.0 Å². The maximum absolute atomic E-state index is 12.5. The molecule has 1 aliphatic rings. The molecule has 5 nitrogen and oxygen atoms in total. The molecule has 0 unspecified atom stereocenters. The van der Waals surface area contributed by atoms with Crippen molar-refractivity contribution in [2.45, 2.75) is 17.7 Å². The zero-order valence-electron chi connectivity index (χ0n) is 13.2. The fourth-order valence-electron chi connectivity index (χ4n) is 2.55. The van der Waals surface area contributed by atoms with Gasteiger partial charge in [0.05, 0.1) is 11.5 Å². The van der Waals surface area contributed by atoms with Gasteiger partial charge in [-0.05, 0) is 60.9 Å². The predicted molar refractivity (Wildman–Crippen MR) is 91.8 cm³/mol. The van der Waals surface area contributed by atoms with Crippen LogP contribution in [0.4, 0.5) is 11.4 Å². The molecule has 0 atom stereocenters. The number of benzene rings is 2. The van der Waals surface area contributed by atoms with Gasteiger partial charge in [0.1, 0.15) is 5.75 Å². The van der Waals surface area contributed by atoms with E-state index in [-0.39, 0.29) is 4.90 Å². The van der Waals surface area contributed by atoms with Crippen molar-refractivity contribution >= 4 is 21.4 Å². The summed E-state index contributed by atoms with van der Waals surface area (Å²) in [6, 6.07) is 12.3. The quantitative estimate of drug-likeness (QED) is 0.935. The summed E-state index contributed by atoms with van der Waals surface area (Å²) in [5, 5.41) is 0. The number of sulfonamides is 1. The first-order chi connectivity index (χ1) is 11.0. The minimum Gasteiger partial charge on any atom is -0.493 e. The number of nitrogens with zero attached hydrogens (tertiary/aromatic N) is 1. The van der Waals surface area contributed by atoms with Gasteiger partial charge < -0.3 is 9.64 Å². The zero-order valence-corrected chi connectivity index (χ0v) is 14.1. The molecule has 6 heteroatoms. The Balaban J connectivity index is 1.84. The average Bonchev–Trinajstić information content (AvgIpc) is 2.54. The van der Waals surface area contributed by atoms with E-state index < -0.39 is 10.0 Å². The van der Waals surface area contributed by atoms with Crippen molar-refractivity contribution in [2.24, 2.45) is 0 Å². The van der Waals surface area contributed by atoms with E-state index in [2.05, 4.69) is 4.72 Å². The number of anilines is 2. The molecule has 0 aromatic heterocycles. The molecule has 0 saturated heterocycles. The molecule has 0 spiro atoms. The van der Waals surface area contributed by atoms with Gasteiger partial charge in [0, 0.05) is 25.5 Å². The predicted octanol–water partition coefficient (Wildman–Crippen LogP) is 2.88. The van der Waals surface area contributed by atoms with Gasteiger partial charge in [0.2, 0.25) is 0 Å². The van der Waals surface area contributed by atoms with Crippen molar-refractivity contribution in [3.63, 3.8) is 0 Å². The van der Waals surface area contributed by atoms with Crippen LogP contribution < -0.4 is 14.4 Å². The highest BCUT2D eigenvalue weighted by atomic mass is 32.2. The number of aryl methyl sites for hydroxylation is 1. The van der Waals surface area contributed by atoms with E-state index in [1.54, 1.807) is 30.3 Å². The van der Waals surface area contributed by atoms with Crippen LogP contribution in [-0.2, 0) is 16.4 Å². The molecule has 1 N–H and O–H groups in total. The molecule has 0 bridgehead atoms. The van der Waals surface area contributed by atoms with Crippen LogP contribution >= 0.6 is 0 Å². The summed E-state index contributed by atoms with van der Waals surface area (Å²) in [4.78, 5) is 2.22. The highest BCUT2D eigenvalue weighted by Gasteiger charge is 2.18. The van der Waals surface area contributed by atoms with Gasteiger partial charge in [0.15, 0.2) is 0 Å². The molecular formula is C17H20N2O3S. The molecular weight excluding hydrogens is 312 g/mol. The second kappa shape index (κ2) is 6.12. The summed E-state index contributed by atoms with van der Waals surface area (Å²) >= 11 is 0. The standard InChI is InChI=1S/C17H20N2O3S/c1-19(2)15-7-5-14(6-8-15)18-23(20,21)16-9-10-17-13(12-16)4-3-11-22-17/h5-10,12,18H,3-4,11H2,1-2H3. The van der Waals surface area contributed by atoms with E-state index in [4.69, 9.17) is 4.74 Å². The minimum atomic E-state index is -3.60. The lowest BCUT2D eigenvalue weighted by Gasteiger charge is -2.18. The number of hydrogen-bond acceptors (Lipinski definition) is 4. The zero-order chi connectivity index (χ0) is 16.4. The lowest BCUT2D eigenvalue weighted by Crippen LogP contribution is -2.15. The summed E-state index contributed by atoms with van der Waals surface area (Å²) in [5.74, 6) is 0.783. The normalized spacial score (nSPS) is 13.8. The molecule has 122 valence electrons. The van der Waals surface area contributed by atoms with Crippen LogP contribution in [0, 0.1) is 0 Å². The minimum absolute atomic E-state index is 0.262. The Kier molecular flexibility index (Phi) is 4.17. The van der Waals surface area contributed by atoms with Gasteiger partial charge in [-0.25, -0.2) is 8.42 Å². The molecule has 23 heavy (non-hydrogen) atoms. The van der Waals surface area contributed by atoms with Crippen molar-refractivity contribution in [2.75, 3.05) is 30.3 Å². The molecule has 3 rings (SSSR count). The average molecular weight is 332 g/mol. The summed E-state index contributed by atoms with van der Waals surface area (Å²) in [6.45, 7) is 0.690. The number of nitrogens with one attached hydrogen (secondary N) is 1. The maximum atomic E-state index is 12.5. The molecule has 2 aromatic carbocycles. The first-order valence-electron chi connectivity index (χ1n) is 7.52. The van der Waals surface area contributed by atoms with E-state index in [0.717, 1.165) is 29.8 Å². The number of fused-ring (bicyclic) bond motifs is 1. The number of rotatable bonds is 4. The second-order valence-electron chi connectivity index (χ2n) is 5.77. The van der Waals surface area contributed by atoms with Gasteiger partial charge >= 0.3 is 0 Å². The largest absolute Gasteiger partial charge is 0.493 e. The van der Waals surface area contributed by atoms with Crippen molar-refractivity contribution in [3.8, 4) is 5.75 Å². The molecule has 1 heterocycles. The molecule has 0 amide bonds. The van der Waals surface area contributed by atoms with Gasteiger partial charge in [-0.2, -0.15) is 0 Å². The third kappa shape index (κ3) is 3.42. The van der Waals surface area contributed by atoms with Crippen molar-refractivity contribution < 1.29 is 13.2 Å². The lowest BCUT2D eigenvalue weighted by atomic mass is 10.1. The highest BCUT2D eigenvalue weighted by Crippen LogP contribution is 2.28. The third-order valence-corrected chi connectivity index (χ3v) is 5.21. The SMILES string of the molecule is CN(C)c1ccc(NS(=O)(=O)c2ccc3c(c2)CCCO3)cc1. The number of ether oxygens (including phenoxy) is 1. The molecule has 1 aliphatic heterocycles.